The first-order valence-electron chi connectivity index (χ1n) is 7.73. The Morgan fingerprint density at radius 2 is 2.17 bits per heavy atom. The van der Waals surface area contributed by atoms with E-state index >= 15 is 0 Å². The van der Waals surface area contributed by atoms with Gasteiger partial charge in [-0.1, -0.05) is 18.1 Å². The smallest absolute Gasteiger partial charge is 0.119 e. The molecule has 0 radical (unpaired) electrons. The van der Waals surface area contributed by atoms with E-state index < -0.39 is 6.10 Å². The predicted octanol–water partition coefficient (Wildman–Crippen LogP) is 1.54. The topological polar surface area (TPSA) is 51.2 Å². The molecule has 0 bridgehead atoms. The maximum Gasteiger partial charge on any atom is 0.119 e. The summed E-state index contributed by atoms with van der Waals surface area (Å²) in [6.45, 7) is 3.23. The highest BCUT2D eigenvalue weighted by atomic mass is 16.5. The SMILES string of the molecule is C#CCOC[C@H](O)CN(CCCOC)Cc1cccc(OC)c1. The lowest BCUT2D eigenvalue weighted by Gasteiger charge is -2.25. The Balaban J connectivity index is 2.57. The van der Waals surface area contributed by atoms with Crippen molar-refractivity contribution in [3.05, 3.63) is 29.8 Å². The van der Waals surface area contributed by atoms with Gasteiger partial charge in [-0.15, -0.1) is 6.42 Å². The van der Waals surface area contributed by atoms with Crippen molar-refractivity contribution in [1.82, 2.24) is 4.90 Å². The molecule has 1 rings (SSSR count). The van der Waals surface area contributed by atoms with Gasteiger partial charge in [-0.2, -0.15) is 0 Å². The Kier molecular flexibility index (Phi) is 10.1. The lowest BCUT2D eigenvalue weighted by atomic mass is 10.2. The van der Waals surface area contributed by atoms with E-state index in [9.17, 15) is 5.11 Å². The average molecular weight is 321 g/mol. The highest BCUT2D eigenvalue weighted by Crippen LogP contribution is 2.14. The van der Waals surface area contributed by atoms with Crippen LogP contribution in [0.25, 0.3) is 0 Å². The van der Waals surface area contributed by atoms with Gasteiger partial charge < -0.3 is 19.3 Å². The molecule has 0 aliphatic heterocycles. The Hall–Kier alpha value is -1.58. The van der Waals surface area contributed by atoms with E-state index in [2.05, 4.69) is 10.8 Å². The number of aliphatic hydroxyl groups is 1. The largest absolute Gasteiger partial charge is 0.497 e. The molecule has 1 aromatic carbocycles. The van der Waals surface area contributed by atoms with Gasteiger partial charge in [-0.05, 0) is 24.1 Å². The lowest BCUT2D eigenvalue weighted by Crippen LogP contribution is -2.35. The fraction of sp³-hybridized carbons (Fsp3) is 0.556. The number of hydrogen-bond acceptors (Lipinski definition) is 5. The number of terminal acetylenes is 1. The van der Waals surface area contributed by atoms with E-state index in [-0.39, 0.29) is 13.2 Å². The minimum Gasteiger partial charge on any atom is -0.497 e. The molecule has 0 saturated heterocycles. The second kappa shape index (κ2) is 11.9. The number of hydrogen-bond donors (Lipinski definition) is 1. The third-order valence-electron chi connectivity index (χ3n) is 3.33. The fourth-order valence-electron chi connectivity index (χ4n) is 2.30. The normalized spacial score (nSPS) is 12.1. The summed E-state index contributed by atoms with van der Waals surface area (Å²) < 4.78 is 15.6. The molecule has 0 fully saturated rings. The van der Waals surface area contributed by atoms with Crippen LogP contribution in [0.1, 0.15) is 12.0 Å². The lowest BCUT2D eigenvalue weighted by molar-refractivity contribution is 0.0244. The maximum atomic E-state index is 10.1. The average Bonchev–Trinajstić information content (AvgIpc) is 2.55. The summed E-state index contributed by atoms with van der Waals surface area (Å²) in [5.74, 6) is 3.22. The molecule has 128 valence electrons. The zero-order valence-electron chi connectivity index (χ0n) is 14.0. The fourth-order valence-corrected chi connectivity index (χ4v) is 2.30. The van der Waals surface area contributed by atoms with Crippen molar-refractivity contribution in [1.29, 1.82) is 0 Å². The quantitative estimate of drug-likeness (QED) is 0.467. The second-order valence-electron chi connectivity index (χ2n) is 5.31. The maximum absolute atomic E-state index is 10.1. The van der Waals surface area contributed by atoms with Gasteiger partial charge in [0.05, 0.1) is 19.8 Å². The Bertz CT molecular complexity index is 472. The van der Waals surface area contributed by atoms with Crippen LogP contribution in [0.2, 0.25) is 0 Å². The number of nitrogens with zero attached hydrogens (tertiary/aromatic N) is 1. The minimum atomic E-state index is -0.573. The zero-order chi connectivity index (χ0) is 16.9. The molecule has 5 nitrogen and oxygen atoms in total. The van der Waals surface area contributed by atoms with Crippen LogP contribution in [0.3, 0.4) is 0 Å². The first kappa shape index (κ1) is 19.5. The van der Waals surface area contributed by atoms with Crippen LogP contribution in [0.4, 0.5) is 0 Å². The van der Waals surface area contributed by atoms with Gasteiger partial charge in [0.1, 0.15) is 12.4 Å². The summed E-state index contributed by atoms with van der Waals surface area (Å²) in [7, 11) is 3.34. The molecule has 5 heteroatoms. The van der Waals surface area contributed by atoms with Gasteiger partial charge in [0.2, 0.25) is 0 Å². The van der Waals surface area contributed by atoms with Crippen molar-refractivity contribution >= 4 is 0 Å². The van der Waals surface area contributed by atoms with Crippen molar-refractivity contribution in [2.75, 3.05) is 47.1 Å². The van der Waals surface area contributed by atoms with E-state index in [1.165, 1.54) is 0 Å². The molecule has 0 aliphatic rings. The van der Waals surface area contributed by atoms with Gasteiger partial charge in [0.15, 0.2) is 0 Å². The summed E-state index contributed by atoms with van der Waals surface area (Å²) >= 11 is 0. The van der Waals surface area contributed by atoms with Crippen LogP contribution >= 0.6 is 0 Å². The molecule has 0 saturated carbocycles. The van der Waals surface area contributed by atoms with Crippen LogP contribution in [0, 0.1) is 12.3 Å². The van der Waals surface area contributed by atoms with E-state index in [1.54, 1.807) is 14.2 Å². The van der Waals surface area contributed by atoms with Gasteiger partial charge in [0.25, 0.3) is 0 Å². The Morgan fingerprint density at radius 1 is 1.35 bits per heavy atom. The standard InChI is InChI=1S/C18H27NO4/c1-4-10-23-15-17(20)14-19(9-6-11-21-2)13-16-7-5-8-18(12-16)22-3/h1,5,7-8,12,17,20H,6,9-11,13-15H2,2-3H3/t17-/m1/s1. The summed E-state index contributed by atoms with van der Waals surface area (Å²) in [4.78, 5) is 2.18. The molecule has 23 heavy (non-hydrogen) atoms. The van der Waals surface area contributed by atoms with Gasteiger partial charge in [0, 0.05) is 33.4 Å². The monoisotopic (exact) mass is 321 g/mol. The van der Waals surface area contributed by atoms with E-state index in [1.807, 2.05) is 24.3 Å². The van der Waals surface area contributed by atoms with Crippen LogP contribution < -0.4 is 4.74 Å². The molecule has 0 aromatic heterocycles. The molecule has 0 aliphatic carbocycles. The number of benzene rings is 1. The van der Waals surface area contributed by atoms with Crippen molar-refractivity contribution in [2.24, 2.45) is 0 Å². The molecule has 0 heterocycles. The summed E-state index contributed by atoms with van der Waals surface area (Å²) in [5, 5.41) is 10.1. The van der Waals surface area contributed by atoms with Crippen LogP contribution in [-0.2, 0) is 16.0 Å². The Morgan fingerprint density at radius 3 is 2.87 bits per heavy atom. The van der Waals surface area contributed by atoms with Crippen LogP contribution in [-0.4, -0.2) is 63.2 Å². The predicted molar refractivity (Wildman–Crippen MR) is 90.4 cm³/mol. The number of aliphatic hydroxyl groups excluding tert-OH is 1. The zero-order valence-corrected chi connectivity index (χ0v) is 14.0. The Labute approximate surface area is 139 Å². The third kappa shape index (κ3) is 8.58. The number of ether oxygens (including phenoxy) is 3. The number of rotatable bonds is 12. The van der Waals surface area contributed by atoms with Crippen molar-refractivity contribution in [3.8, 4) is 18.1 Å². The van der Waals surface area contributed by atoms with Crippen molar-refractivity contribution in [3.63, 3.8) is 0 Å². The van der Waals surface area contributed by atoms with Crippen molar-refractivity contribution < 1.29 is 19.3 Å². The molecule has 1 N–H and O–H groups in total. The summed E-state index contributed by atoms with van der Waals surface area (Å²) in [5.41, 5.74) is 1.14. The number of methoxy groups -OCH3 is 2. The minimum absolute atomic E-state index is 0.219. The first-order chi connectivity index (χ1) is 11.2. The molecule has 0 spiro atoms. The highest BCUT2D eigenvalue weighted by molar-refractivity contribution is 5.28. The van der Waals surface area contributed by atoms with Gasteiger partial charge in [-0.25, -0.2) is 0 Å². The molecular formula is C18H27NO4. The summed E-state index contributed by atoms with van der Waals surface area (Å²) in [6, 6.07) is 7.94. The van der Waals surface area contributed by atoms with Gasteiger partial charge >= 0.3 is 0 Å². The van der Waals surface area contributed by atoms with Gasteiger partial charge in [-0.3, -0.25) is 4.90 Å². The van der Waals surface area contributed by atoms with E-state index in [0.29, 0.717) is 13.2 Å². The second-order valence-corrected chi connectivity index (χ2v) is 5.31. The summed E-state index contributed by atoms with van der Waals surface area (Å²) in [6.07, 6.45) is 5.46. The third-order valence-corrected chi connectivity index (χ3v) is 3.33. The highest BCUT2D eigenvalue weighted by Gasteiger charge is 2.13. The molecule has 0 unspecified atom stereocenters. The molecule has 1 aromatic rings. The van der Waals surface area contributed by atoms with E-state index in [0.717, 1.165) is 30.8 Å². The first-order valence-corrected chi connectivity index (χ1v) is 7.73. The van der Waals surface area contributed by atoms with Crippen LogP contribution in [0.5, 0.6) is 5.75 Å². The van der Waals surface area contributed by atoms with E-state index in [4.69, 9.17) is 20.6 Å². The van der Waals surface area contributed by atoms with Crippen molar-refractivity contribution in [2.45, 2.75) is 19.1 Å². The molecular weight excluding hydrogens is 294 g/mol. The molecule has 0 amide bonds. The molecule has 1 atom stereocenters. The van der Waals surface area contributed by atoms with Crippen LogP contribution in [0.15, 0.2) is 24.3 Å².